The van der Waals surface area contributed by atoms with Gasteiger partial charge in [0, 0.05) is 24.7 Å². The number of rotatable bonds is 5. The number of benzene rings is 2. The van der Waals surface area contributed by atoms with Crippen molar-refractivity contribution in [1.82, 2.24) is 10.2 Å². The van der Waals surface area contributed by atoms with Crippen LogP contribution in [0, 0.1) is 5.82 Å². The molecule has 2 aromatic rings. The van der Waals surface area contributed by atoms with Gasteiger partial charge in [0.2, 0.25) is 0 Å². The molecule has 0 unspecified atom stereocenters. The van der Waals surface area contributed by atoms with Gasteiger partial charge in [-0.05, 0) is 36.2 Å². The molecule has 2 rings (SSSR count). The fourth-order valence-electron chi connectivity index (χ4n) is 2.11. The van der Waals surface area contributed by atoms with Crippen molar-refractivity contribution < 1.29 is 9.18 Å². The van der Waals surface area contributed by atoms with Crippen LogP contribution in [0.4, 0.5) is 9.18 Å². The van der Waals surface area contributed by atoms with Gasteiger partial charge in [-0.2, -0.15) is 0 Å². The Morgan fingerprint density at radius 2 is 2.00 bits per heavy atom. The summed E-state index contributed by atoms with van der Waals surface area (Å²) in [6.45, 7) is 3.14. The van der Waals surface area contributed by atoms with Crippen molar-refractivity contribution in [3.05, 3.63) is 70.5 Å². The summed E-state index contributed by atoms with van der Waals surface area (Å²) in [4.78, 5) is 13.8. The summed E-state index contributed by atoms with van der Waals surface area (Å²) in [5, 5.41) is 3.46. The molecule has 0 saturated heterocycles. The summed E-state index contributed by atoms with van der Waals surface area (Å²) in [6, 6.07) is 13.4. The largest absolute Gasteiger partial charge is 0.334 e. The van der Waals surface area contributed by atoms with E-state index < -0.39 is 0 Å². The molecule has 5 heteroatoms. The van der Waals surface area contributed by atoms with Crippen molar-refractivity contribution in [1.29, 1.82) is 0 Å². The number of urea groups is 1. The Morgan fingerprint density at radius 1 is 1.23 bits per heavy atom. The summed E-state index contributed by atoms with van der Waals surface area (Å²) in [5.41, 5.74) is 1.62. The molecule has 0 radical (unpaired) electrons. The molecule has 1 N–H and O–H groups in total. The lowest BCUT2D eigenvalue weighted by Gasteiger charge is -2.21. The molecule has 0 saturated carbocycles. The highest BCUT2D eigenvalue weighted by Gasteiger charge is 2.12. The molecule has 2 amide bonds. The van der Waals surface area contributed by atoms with Gasteiger partial charge in [-0.1, -0.05) is 41.9 Å². The maximum atomic E-state index is 13.2. The molecular weight excluding hydrogens is 303 g/mol. The van der Waals surface area contributed by atoms with Gasteiger partial charge in [0.1, 0.15) is 5.82 Å². The van der Waals surface area contributed by atoms with Crippen LogP contribution in [0.5, 0.6) is 0 Å². The van der Waals surface area contributed by atoms with Crippen LogP contribution < -0.4 is 5.32 Å². The van der Waals surface area contributed by atoms with E-state index in [1.54, 1.807) is 23.1 Å². The normalized spacial score (nSPS) is 10.3. The van der Waals surface area contributed by atoms with E-state index in [2.05, 4.69) is 5.32 Å². The van der Waals surface area contributed by atoms with Crippen molar-refractivity contribution in [2.45, 2.75) is 20.0 Å². The van der Waals surface area contributed by atoms with Crippen molar-refractivity contribution in [3.8, 4) is 0 Å². The molecule has 0 aliphatic carbocycles. The van der Waals surface area contributed by atoms with Crippen LogP contribution in [0.1, 0.15) is 18.1 Å². The number of hydrogen-bond donors (Lipinski definition) is 1. The van der Waals surface area contributed by atoms with Gasteiger partial charge >= 0.3 is 6.03 Å². The Hall–Kier alpha value is -2.07. The quantitative estimate of drug-likeness (QED) is 0.879. The maximum absolute atomic E-state index is 13.2. The number of carbonyl (C=O) groups is 1. The summed E-state index contributed by atoms with van der Waals surface area (Å²) >= 11 is 6.06. The van der Waals surface area contributed by atoms with Crippen molar-refractivity contribution in [3.63, 3.8) is 0 Å². The highest BCUT2D eigenvalue weighted by Crippen LogP contribution is 2.14. The fourth-order valence-corrected chi connectivity index (χ4v) is 2.31. The summed E-state index contributed by atoms with van der Waals surface area (Å²) in [6.07, 6.45) is 0. The lowest BCUT2D eigenvalue weighted by Crippen LogP contribution is -2.39. The lowest BCUT2D eigenvalue weighted by atomic mass is 10.2. The Morgan fingerprint density at radius 3 is 2.68 bits per heavy atom. The predicted molar refractivity (Wildman–Crippen MR) is 86.2 cm³/mol. The minimum atomic E-state index is -0.301. The first-order valence-corrected chi connectivity index (χ1v) is 7.48. The number of carbonyl (C=O) groups excluding carboxylic acids is 1. The summed E-state index contributed by atoms with van der Waals surface area (Å²) in [5.74, 6) is -0.301. The molecule has 0 heterocycles. The summed E-state index contributed by atoms with van der Waals surface area (Å²) < 4.78 is 13.2. The van der Waals surface area contributed by atoms with Crippen LogP contribution in [-0.2, 0) is 13.1 Å². The Kier molecular flexibility index (Phi) is 5.78. The third kappa shape index (κ3) is 4.46. The monoisotopic (exact) mass is 320 g/mol. The number of amides is 2. The van der Waals surface area contributed by atoms with Gasteiger partial charge in [0.25, 0.3) is 0 Å². The lowest BCUT2D eigenvalue weighted by molar-refractivity contribution is 0.197. The van der Waals surface area contributed by atoms with Crippen LogP contribution in [0.2, 0.25) is 5.02 Å². The second kappa shape index (κ2) is 7.80. The van der Waals surface area contributed by atoms with E-state index >= 15 is 0 Å². The van der Waals surface area contributed by atoms with Gasteiger partial charge in [0.05, 0.1) is 0 Å². The minimum absolute atomic E-state index is 0.202. The van der Waals surface area contributed by atoms with Gasteiger partial charge in [-0.3, -0.25) is 0 Å². The SMILES string of the molecule is CCN(Cc1cccc(F)c1)C(=O)NCc1ccccc1Cl. The van der Waals surface area contributed by atoms with E-state index in [9.17, 15) is 9.18 Å². The van der Waals surface area contributed by atoms with Crippen molar-refractivity contribution in [2.75, 3.05) is 6.54 Å². The molecule has 0 fully saturated rings. The molecule has 0 bridgehead atoms. The number of hydrogen-bond acceptors (Lipinski definition) is 1. The van der Waals surface area contributed by atoms with Gasteiger partial charge in [-0.25, -0.2) is 9.18 Å². The van der Waals surface area contributed by atoms with E-state index in [4.69, 9.17) is 11.6 Å². The van der Waals surface area contributed by atoms with Crippen LogP contribution in [0.3, 0.4) is 0 Å². The Balaban J connectivity index is 1.96. The van der Waals surface area contributed by atoms with Gasteiger partial charge in [-0.15, -0.1) is 0 Å². The first-order chi connectivity index (χ1) is 10.6. The molecule has 3 nitrogen and oxygen atoms in total. The Bertz CT molecular complexity index is 648. The zero-order chi connectivity index (χ0) is 15.9. The fraction of sp³-hybridized carbons (Fsp3) is 0.235. The molecule has 0 aliphatic heterocycles. The first-order valence-electron chi connectivity index (χ1n) is 7.10. The van der Waals surface area contributed by atoms with E-state index in [1.165, 1.54) is 12.1 Å². The predicted octanol–water partition coefficient (Wildman–Crippen LogP) is 4.21. The number of nitrogens with one attached hydrogen (secondary N) is 1. The molecule has 0 aliphatic rings. The zero-order valence-corrected chi connectivity index (χ0v) is 13.1. The zero-order valence-electron chi connectivity index (χ0n) is 12.4. The molecule has 22 heavy (non-hydrogen) atoms. The Labute approximate surface area is 134 Å². The second-order valence-electron chi connectivity index (χ2n) is 4.89. The van der Waals surface area contributed by atoms with Gasteiger partial charge < -0.3 is 10.2 Å². The molecule has 0 spiro atoms. The first kappa shape index (κ1) is 16.3. The third-order valence-corrected chi connectivity index (χ3v) is 3.69. The van der Waals surface area contributed by atoms with Crippen LogP contribution in [-0.4, -0.2) is 17.5 Å². The smallest absolute Gasteiger partial charge is 0.317 e. The maximum Gasteiger partial charge on any atom is 0.317 e. The highest BCUT2D eigenvalue weighted by atomic mass is 35.5. The highest BCUT2D eigenvalue weighted by molar-refractivity contribution is 6.31. The average molecular weight is 321 g/mol. The third-order valence-electron chi connectivity index (χ3n) is 3.32. The van der Waals surface area contributed by atoms with E-state index in [0.29, 0.717) is 24.7 Å². The summed E-state index contributed by atoms with van der Waals surface area (Å²) in [7, 11) is 0. The molecule has 116 valence electrons. The molecule has 2 aromatic carbocycles. The van der Waals surface area contributed by atoms with Crippen molar-refractivity contribution in [2.24, 2.45) is 0 Å². The van der Waals surface area contributed by atoms with E-state index in [1.807, 2.05) is 25.1 Å². The van der Waals surface area contributed by atoms with Crippen LogP contribution >= 0.6 is 11.6 Å². The second-order valence-corrected chi connectivity index (χ2v) is 5.30. The van der Waals surface area contributed by atoms with Crippen molar-refractivity contribution >= 4 is 17.6 Å². The van der Waals surface area contributed by atoms with Crippen LogP contribution in [0.25, 0.3) is 0 Å². The van der Waals surface area contributed by atoms with Gasteiger partial charge in [0.15, 0.2) is 0 Å². The average Bonchev–Trinajstić information content (AvgIpc) is 2.51. The molecule has 0 atom stereocenters. The standard InChI is InChI=1S/C17H18ClFN2O/c1-2-21(12-13-6-5-8-15(19)10-13)17(22)20-11-14-7-3-4-9-16(14)18/h3-10H,2,11-12H2,1H3,(H,20,22). The number of halogens is 2. The van der Waals surface area contributed by atoms with E-state index in [-0.39, 0.29) is 11.8 Å². The number of nitrogens with zero attached hydrogens (tertiary/aromatic N) is 1. The van der Waals surface area contributed by atoms with E-state index in [0.717, 1.165) is 11.1 Å². The molecular formula is C17H18ClFN2O. The minimum Gasteiger partial charge on any atom is -0.334 e. The van der Waals surface area contributed by atoms with Crippen LogP contribution in [0.15, 0.2) is 48.5 Å². The topological polar surface area (TPSA) is 32.3 Å². The molecule has 0 aromatic heterocycles.